The number of rotatable bonds is 8. The van der Waals surface area contributed by atoms with Crippen LogP contribution >= 0.6 is 0 Å². The van der Waals surface area contributed by atoms with Crippen LogP contribution in [-0.2, 0) is 9.53 Å². The Bertz CT molecular complexity index is 241. The first-order chi connectivity index (χ1) is 7.48. The maximum Gasteiger partial charge on any atom is 0.239 e. The number of carbonyl (C=O) groups excluding carboxylic acids is 1. The molecule has 1 saturated carbocycles. The summed E-state index contributed by atoms with van der Waals surface area (Å²) in [6.07, 6.45) is 4.55. The van der Waals surface area contributed by atoms with E-state index in [0.29, 0.717) is 12.6 Å². The molecule has 3 N–H and O–H groups in total. The zero-order valence-electron chi connectivity index (χ0n) is 10.6. The Hall–Kier alpha value is -0.610. The monoisotopic (exact) mass is 228 g/mol. The molecule has 1 rings (SSSR count). The molecule has 0 bridgehead atoms. The van der Waals surface area contributed by atoms with Gasteiger partial charge in [-0.2, -0.15) is 0 Å². The largest absolute Gasteiger partial charge is 0.376 e. The third-order valence-electron chi connectivity index (χ3n) is 3.00. The number of amides is 1. The Kier molecular flexibility index (Phi) is 4.74. The Morgan fingerprint density at radius 3 is 2.69 bits per heavy atom. The molecule has 94 valence electrons. The Labute approximate surface area is 97.9 Å². The van der Waals surface area contributed by atoms with E-state index in [0.717, 1.165) is 25.7 Å². The molecular formula is C12H24N2O2. The number of primary amides is 1. The topological polar surface area (TPSA) is 64.3 Å². The first kappa shape index (κ1) is 13.5. The van der Waals surface area contributed by atoms with E-state index in [2.05, 4.69) is 12.2 Å². The van der Waals surface area contributed by atoms with Crippen molar-refractivity contribution >= 4 is 5.91 Å². The van der Waals surface area contributed by atoms with Crippen molar-refractivity contribution in [3.63, 3.8) is 0 Å². The molecule has 0 saturated heterocycles. The molecule has 4 nitrogen and oxygen atoms in total. The van der Waals surface area contributed by atoms with Crippen molar-refractivity contribution in [1.29, 1.82) is 0 Å². The molecule has 0 aromatic heterocycles. The average molecular weight is 228 g/mol. The van der Waals surface area contributed by atoms with Gasteiger partial charge >= 0.3 is 0 Å². The molecule has 1 aliphatic rings. The zero-order chi connectivity index (χ0) is 12.2. The number of hydrogen-bond acceptors (Lipinski definition) is 3. The van der Waals surface area contributed by atoms with Crippen molar-refractivity contribution in [3.05, 3.63) is 0 Å². The summed E-state index contributed by atoms with van der Waals surface area (Å²) in [5.74, 6) is -0.330. The lowest BCUT2D eigenvalue weighted by atomic mass is 10.0. The second kappa shape index (κ2) is 5.64. The van der Waals surface area contributed by atoms with Crippen LogP contribution in [0.3, 0.4) is 0 Å². The van der Waals surface area contributed by atoms with Crippen LogP contribution in [0.15, 0.2) is 0 Å². The van der Waals surface area contributed by atoms with E-state index in [4.69, 9.17) is 10.5 Å². The SMILES string of the molecule is CCCC(C)OCC(C)(NC1CC1)C(N)=O. The lowest BCUT2D eigenvalue weighted by Crippen LogP contribution is -2.57. The van der Waals surface area contributed by atoms with Gasteiger partial charge in [0.2, 0.25) is 5.91 Å². The average Bonchev–Trinajstić information content (AvgIpc) is 2.99. The van der Waals surface area contributed by atoms with E-state index >= 15 is 0 Å². The first-order valence-electron chi connectivity index (χ1n) is 6.17. The molecule has 2 atom stereocenters. The highest BCUT2D eigenvalue weighted by molar-refractivity contribution is 5.84. The summed E-state index contributed by atoms with van der Waals surface area (Å²) in [7, 11) is 0. The lowest BCUT2D eigenvalue weighted by Gasteiger charge is -2.28. The maximum absolute atomic E-state index is 11.4. The van der Waals surface area contributed by atoms with Crippen LogP contribution in [0.4, 0.5) is 0 Å². The Balaban J connectivity index is 2.40. The van der Waals surface area contributed by atoms with Gasteiger partial charge < -0.3 is 10.5 Å². The summed E-state index contributed by atoms with van der Waals surface area (Å²) in [6.45, 7) is 6.34. The van der Waals surface area contributed by atoms with E-state index < -0.39 is 5.54 Å². The van der Waals surface area contributed by atoms with Gasteiger partial charge in [-0.05, 0) is 33.1 Å². The van der Waals surface area contributed by atoms with Crippen LogP contribution < -0.4 is 11.1 Å². The molecule has 0 heterocycles. The number of nitrogens with one attached hydrogen (secondary N) is 1. The minimum absolute atomic E-state index is 0.185. The summed E-state index contributed by atoms with van der Waals surface area (Å²) >= 11 is 0. The molecule has 1 fully saturated rings. The molecule has 1 aliphatic carbocycles. The Morgan fingerprint density at radius 1 is 1.62 bits per heavy atom. The van der Waals surface area contributed by atoms with E-state index in [9.17, 15) is 4.79 Å². The number of nitrogens with two attached hydrogens (primary N) is 1. The fraction of sp³-hybridized carbons (Fsp3) is 0.917. The minimum atomic E-state index is -0.719. The van der Waals surface area contributed by atoms with Crippen LogP contribution in [0.1, 0.15) is 46.5 Å². The molecular weight excluding hydrogens is 204 g/mol. The van der Waals surface area contributed by atoms with E-state index in [1.165, 1.54) is 0 Å². The van der Waals surface area contributed by atoms with Gasteiger partial charge in [-0.25, -0.2) is 0 Å². The predicted molar refractivity (Wildman–Crippen MR) is 64.1 cm³/mol. The molecule has 4 heteroatoms. The summed E-state index contributed by atoms with van der Waals surface area (Å²) in [5.41, 5.74) is 4.71. The smallest absolute Gasteiger partial charge is 0.239 e. The highest BCUT2D eigenvalue weighted by atomic mass is 16.5. The van der Waals surface area contributed by atoms with Crippen LogP contribution in [0.5, 0.6) is 0 Å². The van der Waals surface area contributed by atoms with Crippen LogP contribution in [0.25, 0.3) is 0 Å². The van der Waals surface area contributed by atoms with Crippen LogP contribution in [0, 0.1) is 0 Å². The van der Waals surface area contributed by atoms with Crippen molar-refractivity contribution in [2.24, 2.45) is 5.73 Å². The van der Waals surface area contributed by atoms with Gasteiger partial charge in [-0.15, -0.1) is 0 Å². The quantitative estimate of drug-likeness (QED) is 0.656. The summed E-state index contributed by atoms with van der Waals surface area (Å²) in [4.78, 5) is 11.4. The fourth-order valence-electron chi connectivity index (χ4n) is 1.66. The van der Waals surface area contributed by atoms with Gasteiger partial charge in [-0.1, -0.05) is 13.3 Å². The van der Waals surface area contributed by atoms with Crippen molar-refractivity contribution in [3.8, 4) is 0 Å². The van der Waals surface area contributed by atoms with Gasteiger partial charge in [0.1, 0.15) is 5.54 Å². The molecule has 16 heavy (non-hydrogen) atoms. The Morgan fingerprint density at radius 2 is 2.25 bits per heavy atom. The van der Waals surface area contributed by atoms with E-state index in [1.54, 1.807) is 0 Å². The third-order valence-corrected chi connectivity index (χ3v) is 3.00. The van der Waals surface area contributed by atoms with Gasteiger partial charge in [-0.3, -0.25) is 10.1 Å². The third kappa shape index (κ3) is 4.10. The van der Waals surface area contributed by atoms with Gasteiger partial charge in [0.05, 0.1) is 12.7 Å². The van der Waals surface area contributed by atoms with Gasteiger partial charge in [0, 0.05) is 6.04 Å². The molecule has 2 unspecified atom stereocenters. The maximum atomic E-state index is 11.4. The van der Waals surface area contributed by atoms with E-state index in [1.807, 2.05) is 13.8 Å². The number of carbonyl (C=O) groups is 1. The van der Waals surface area contributed by atoms with Crippen LogP contribution in [-0.4, -0.2) is 30.2 Å². The normalized spacial score (nSPS) is 21.4. The highest BCUT2D eigenvalue weighted by Gasteiger charge is 2.37. The number of hydrogen-bond donors (Lipinski definition) is 2. The van der Waals surface area contributed by atoms with Crippen molar-refractivity contribution in [2.45, 2.75) is 64.1 Å². The molecule has 0 aliphatic heterocycles. The first-order valence-corrected chi connectivity index (χ1v) is 6.17. The summed E-state index contributed by atoms with van der Waals surface area (Å²) in [6, 6.07) is 0.447. The van der Waals surface area contributed by atoms with Crippen molar-refractivity contribution in [2.75, 3.05) is 6.61 Å². The zero-order valence-corrected chi connectivity index (χ0v) is 10.6. The van der Waals surface area contributed by atoms with Crippen molar-refractivity contribution < 1.29 is 9.53 Å². The van der Waals surface area contributed by atoms with Gasteiger partial charge in [0.15, 0.2) is 0 Å². The number of ether oxygens (including phenoxy) is 1. The van der Waals surface area contributed by atoms with Crippen LogP contribution in [0.2, 0.25) is 0 Å². The molecule has 0 radical (unpaired) electrons. The highest BCUT2D eigenvalue weighted by Crippen LogP contribution is 2.23. The predicted octanol–water partition coefficient (Wildman–Crippen LogP) is 1.19. The molecule has 0 aromatic rings. The molecule has 0 spiro atoms. The van der Waals surface area contributed by atoms with Crippen molar-refractivity contribution in [1.82, 2.24) is 5.32 Å². The molecule has 0 aromatic carbocycles. The van der Waals surface area contributed by atoms with Gasteiger partial charge in [0.25, 0.3) is 0 Å². The minimum Gasteiger partial charge on any atom is -0.376 e. The summed E-state index contributed by atoms with van der Waals surface area (Å²) < 4.78 is 5.67. The lowest BCUT2D eigenvalue weighted by molar-refractivity contribution is -0.127. The standard InChI is InChI=1S/C12H24N2O2/c1-4-5-9(2)16-8-12(3,11(13)15)14-10-6-7-10/h9-10,14H,4-8H2,1-3H3,(H2,13,15). The fourth-order valence-corrected chi connectivity index (χ4v) is 1.66. The second-order valence-electron chi connectivity index (χ2n) is 5.03. The summed E-state index contributed by atoms with van der Waals surface area (Å²) in [5, 5.41) is 3.26. The second-order valence-corrected chi connectivity index (χ2v) is 5.03. The molecule has 1 amide bonds. The van der Waals surface area contributed by atoms with E-state index in [-0.39, 0.29) is 12.0 Å².